The number of benzene rings is 1. The number of hydrogen-bond donors (Lipinski definition) is 1. The average Bonchev–Trinajstić information content (AvgIpc) is 2.30. The molecule has 1 atom stereocenters. The van der Waals surface area contributed by atoms with Crippen molar-refractivity contribution in [1.82, 2.24) is 0 Å². The summed E-state index contributed by atoms with van der Waals surface area (Å²) in [5.74, 6) is 2.64. The molecular weight excluding hydrogens is 237 g/mol. The zero-order valence-corrected chi connectivity index (χ0v) is 11.2. The quantitative estimate of drug-likeness (QED) is 0.761. The van der Waals surface area contributed by atoms with E-state index in [0.717, 1.165) is 23.5 Å². The smallest absolute Gasteiger partial charge is 0.124 e. The van der Waals surface area contributed by atoms with Crippen molar-refractivity contribution < 1.29 is 9.13 Å². The Morgan fingerprint density at radius 3 is 2.88 bits per heavy atom. The maximum absolute atomic E-state index is 13.1. The van der Waals surface area contributed by atoms with Crippen LogP contribution in [0, 0.1) is 5.82 Å². The number of nitrogens with two attached hydrogens (primary N) is 1. The van der Waals surface area contributed by atoms with Gasteiger partial charge in [0.15, 0.2) is 0 Å². The molecule has 0 spiro atoms. The van der Waals surface area contributed by atoms with Gasteiger partial charge < -0.3 is 10.5 Å². The van der Waals surface area contributed by atoms with Crippen LogP contribution in [0.25, 0.3) is 0 Å². The molecule has 2 nitrogen and oxygen atoms in total. The number of halogens is 1. The Kier molecular flexibility index (Phi) is 6.37. The minimum Gasteiger partial charge on any atom is -0.493 e. The summed E-state index contributed by atoms with van der Waals surface area (Å²) in [5, 5.41) is 0. The zero-order chi connectivity index (χ0) is 12.7. The molecule has 0 aromatic heterocycles. The summed E-state index contributed by atoms with van der Waals surface area (Å²) >= 11 is 1.89. The van der Waals surface area contributed by atoms with Crippen LogP contribution in [0.4, 0.5) is 4.39 Å². The highest BCUT2D eigenvalue weighted by atomic mass is 32.2. The Bertz CT molecular complexity index is 344. The maximum atomic E-state index is 13.1. The number of ether oxygens (including phenoxy) is 1. The molecule has 0 amide bonds. The van der Waals surface area contributed by atoms with Crippen molar-refractivity contribution in [2.24, 2.45) is 5.73 Å². The maximum Gasteiger partial charge on any atom is 0.124 e. The molecule has 17 heavy (non-hydrogen) atoms. The molecule has 1 rings (SSSR count). The second-order valence-corrected chi connectivity index (χ2v) is 5.26. The first-order valence-corrected chi connectivity index (χ1v) is 7.06. The zero-order valence-electron chi connectivity index (χ0n) is 10.4. The predicted molar refractivity (Wildman–Crippen MR) is 72.1 cm³/mol. The van der Waals surface area contributed by atoms with Crippen molar-refractivity contribution in [2.75, 3.05) is 18.1 Å². The van der Waals surface area contributed by atoms with Crippen LogP contribution in [-0.2, 0) is 0 Å². The summed E-state index contributed by atoms with van der Waals surface area (Å²) in [5.41, 5.74) is 6.51. The van der Waals surface area contributed by atoms with Crippen molar-refractivity contribution in [1.29, 1.82) is 0 Å². The van der Waals surface area contributed by atoms with E-state index in [1.54, 1.807) is 6.07 Å². The van der Waals surface area contributed by atoms with E-state index in [-0.39, 0.29) is 11.9 Å². The third kappa shape index (κ3) is 4.96. The topological polar surface area (TPSA) is 35.2 Å². The van der Waals surface area contributed by atoms with Gasteiger partial charge in [-0.3, -0.25) is 0 Å². The summed E-state index contributed by atoms with van der Waals surface area (Å²) < 4.78 is 18.7. The van der Waals surface area contributed by atoms with Crippen LogP contribution in [0.5, 0.6) is 5.75 Å². The van der Waals surface area contributed by atoms with E-state index in [1.807, 2.05) is 18.7 Å². The van der Waals surface area contributed by atoms with Crippen LogP contribution in [0.15, 0.2) is 18.2 Å². The van der Waals surface area contributed by atoms with Crippen molar-refractivity contribution in [3.63, 3.8) is 0 Å². The Labute approximate surface area is 107 Å². The summed E-state index contributed by atoms with van der Waals surface area (Å²) in [7, 11) is 0. The van der Waals surface area contributed by atoms with Gasteiger partial charge >= 0.3 is 0 Å². The van der Waals surface area contributed by atoms with Crippen LogP contribution < -0.4 is 10.5 Å². The van der Waals surface area contributed by atoms with E-state index in [1.165, 1.54) is 12.1 Å². The summed E-state index contributed by atoms with van der Waals surface area (Å²) in [6.45, 7) is 4.62. The van der Waals surface area contributed by atoms with Gasteiger partial charge in [-0.05, 0) is 43.0 Å². The minimum absolute atomic E-state index is 0.217. The molecular formula is C13H20FNOS. The first-order chi connectivity index (χ1) is 8.15. The largest absolute Gasteiger partial charge is 0.493 e. The Balaban J connectivity index is 2.52. The van der Waals surface area contributed by atoms with Crippen molar-refractivity contribution in [3.05, 3.63) is 29.6 Å². The normalized spacial score (nSPS) is 12.5. The minimum atomic E-state index is -0.272. The van der Waals surface area contributed by atoms with Crippen molar-refractivity contribution in [3.8, 4) is 5.75 Å². The molecule has 0 saturated carbocycles. The fraction of sp³-hybridized carbons (Fsp3) is 0.538. The fourth-order valence-electron chi connectivity index (χ4n) is 1.49. The number of hydrogen-bond acceptors (Lipinski definition) is 3. The highest BCUT2D eigenvalue weighted by molar-refractivity contribution is 7.99. The first kappa shape index (κ1) is 14.3. The Morgan fingerprint density at radius 1 is 1.47 bits per heavy atom. The average molecular weight is 257 g/mol. The van der Waals surface area contributed by atoms with Crippen molar-refractivity contribution in [2.45, 2.75) is 26.3 Å². The van der Waals surface area contributed by atoms with E-state index in [9.17, 15) is 4.39 Å². The van der Waals surface area contributed by atoms with E-state index in [2.05, 4.69) is 6.92 Å². The Hall–Kier alpha value is -0.740. The number of thioether (sulfide) groups is 1. The van der Waals surface area contributed by atoms with Crippen LogP contribution in [0.2, 0.25) is 0 Å². The molecule has 96 valence electrons. The Morgan fingerprint density at radius 2 is 2.24 bits per heavy atom. The standard InChI is InChI=1S/C13H20FNOS/c1-3-17-8-4-7-16-13-6-5-11(14)9-12(13)10(2)15/h5-6,9-10H,3-4,7-8,15H2,1-2H3/t10-/m0/s1. The molecule has 4 heteroatoms. The molecule has 0 radical (unpaired) electrons. The van der Waals surface area contributed by atoms with Gasteiger partial charge in [-0.25, -0.2) is 4.39 Å². The third-order valence-corrected chi connectivity index (χ3v) is 3.34. The molecule has 0 fully saturated rings. The second kappa shape index (κ2) is 7.56. The lowest BCUT2D eigenvalue weighted by Crippen LogP contribution is -2.09. The van der Waals surface area contributed by atoms with Crippen LogP contribution >= 0.6 is 11.8 Å². The molecule has 0 aliphatic heterocycles. The lowest BCUT2D eigenvalue weighted by molar-refractivity contribution is 0.313. The lowest BCUT2D eigenvalue weighted by atomic mass is 10.1. The third-order valence-electron chi connectivity index (χ3n) is 2.36. The van der Waals surface area contributed by atoms with Gasteiger partial charge in [-0.2, -0.15) is 11.8 Å². The van der Waals surface area contributed by atoms with Gasteiger partial charge in [0, 0.05) is 11.6 Å². The van der Waals surface area contributed by atoms with E-state index < -0.39 is 0 Å². The molecule has 0 bridgehead atoms. The van der Waals surface area contributed by atoms with Gasteiger partial charge in [-0.1, -0.05) is 6.92 Å². The van der Waals surface area contributed by atoms with Crippen LogP contribution in [0.3, 0.4) is 0 Å². The first-order valence-electron chi connectivity index (χ1n) is 5.90. The molecule has 0 saturated heterocycles. The van der Waals surface area contributed by atoms with E-state index in [0.29, 0.717) is 12.4 Å². The van der Waals surface area contributed by atoms with Crippen LogP contribution in [0.1, 0.15) is 31.9 Å². The fourth-order valence-corrected chi connectivity index (χ4v) is 2.10. The lowest BCUT2D eigenvalue weighted by Gasteiger charge is -2.14. The van der Waals surface area contributed by atoms with E-state index >= 15 is 0 Å². The van der Waals surface area contributed by atoms with Gasteiger partial charge in [0.25, 0.3) is 0 Å². The predicted octanol–water partition coefficient (Wildman–Crippen LogP) is 3.37. The monoisotopic (exact) mass is 257 g/mol. The highest BCUT2D eigenvalue weighted by Crippen LogP contribution is 2.24. The molecule has 0 aliphatic rings. The highest BCUT2D eigenvalue weighted by Gasteiger charge is 2.09. The van der Waals surface area contributed by atoms with E-state index in [4.69, 9.17) is 10.5 Å². The summed E-state index contributed by atoms with van der Waals surface area (Å²) in [6, 6.07) is 4.29. The number of rotatable bonds is 7. The summed E-state index contributed by atoms with van der Waals surface area (Å²) in [6.07, 6.45) is 0.994. The SMILES string of the molecule is CCSCCCOc1ccc(F)cc1[C@H](C)N. The van der Waals surface area contributed by atoms with Gasteiger partial charge in [0.2, 0.25) is 0 Å². The van der Waals surface area contributed by atoms with Gasteiger partial charge in [0.1, 0.15) is 11.6 Å². The second-order valence-electron chi connectivity index (χ2n) is 3.87. The molecule has 0 heterocycles. The van der Waals surface area contributed by atoms with Gasteiger partial charge in [-0.15, -0.1) is 0 Å². The molecule has 0 aliphatic carbocycles. The molecule has 0 unspecified atom stereocenters. The van der Waals surface area contributed by atoms with Crippen molar-refractivity contribution >= 4 is 11.8 Å². The van der Waals surface area contributed by atoms with Gasteiger partial charge in [0.05, 0.1) is 6.61 Å². The summed E-state index contributed by atoms with van der Waals surface area (Å²) in [4.78, 5) is 0. The molecule has 2 N–H and O–H groups in total. The van der Waals surface area contributed by atoms with Crippen LogP contribution in [-0.4, -0.2) is 18.1 Å². The molecule has 1 aromatic carbocycles. The molecule has 1 aromatic rings.